The molecule has 4 aromatic heterocycles. The topological polar surface area (TPSA) is 141 Å². The fourth-order valence-electron chi connectivity index (χ4n) is 4.61. The Morgan fingerprint density at radius 1 is 1.00 bits per heavy atom. The van der Waals surface area contributed by atoms with Crippen LogP contribution in [-0.4, -0.2) is 55.8 Å². The fraction of sp³-hybridized carbons (Fsp3) is 0.231. The second-order valence-corrected chi connectivity index (χ2v) is 10.1. The first kappa shape index (κ1) is 25.2. The molecule has 0 bridgehead atoms. The van der Waals surface area contributed by atoms with Gasteiger partial charge in [-0.05, 0) is 43.3 Å². The number of aromatic amines is 1. The molecule has 0 unspecified atom stereocenters. The number of pyridine rings is 1. The van der Waals surface area contributed by atoms with Crippen molar-refractivity contribution in [3.8, 4) is 23.0 Å². The molecule has 1 atom stereocenters. The number of aromatic nitrogens is 7. The Labute approximate surface area is 233 Å². The second-order valence-electron chi connectivity index (χ2n) is 9.31. The zero-order chi connectivity index (χ0) is 27.1. The van der Waals surface area contributed by atoms with E-state index in [2.05, 4.69) is 35.6 Å². The molecule has 3 N–H and O–H groups in total. The van der Waals surface area contributed by atoms with Crippen LogP contribution >= 0.6 is 23.2 Å². The zero-order valence-corrected chi connectivity index (χ0v) is 22.5. The van der Waals surface area contributed by atoms with Gasteiger partial charge in [0.15, 0.2) is 5.82 Å². The Morgan fingerprint density at radius 2 is 1.79 bits per heavy atom. The molecular weight excluding hydrogens is 541 g/mol. The molecule has 1 aliphatic rings. The summed E-state index contributed by atoms with van der Waals surface area (Å²) in [6.07, 6.45) is 2.70. The minimum absolute atomic E-state index is 0.394. The van der Waals surface area contributed by atoms with Crippen molar-refractivity contribution in [2.75, 3.05) is 25.1 Å². The number of nitrogens with one attached hydrogen (secondary N) is 1. The quantitative estimate of drug-likeness (QED) is 0.293. The van der Waals surface area contributed by atoms with E-state index in [9.17, 15) is 0 Å². The first-order valence-corrected chi connectivity index (χ1v) is 12.8. The maximum atomic E-state index is 6.54. The molecule has 0 radical (unpaired) electrons. The third kappa shape index (κ3) is 4.69. The molecule has 13 heteroatoms. The van der Waals surface area contributed by atoms with Crippen molar-refractivity contribution < 1.29 is 9.47 Å². The van der Waals surface area contributed by atoms with E-state index in [0.717, 1.165) is 10.9 Å². The van der Waals surface area contributed by atoms with Crippen molar-refractivity contribution in [2.45, 2.75) is 18.6 Å². The predicted molar refractivity (Wildman–Crippen MR) is 147 cm³/mol. The minimum atomic E-state index is -0.615. The molecule has 11 nitrogen and oxygen atoms in total. The van der Waals surface area contributed by atoms with Crippen LogP contribution in [0.1, 0.15) is 24.3 Å². The largest absolute Gasteiger partial charge is 0.486 e. The van der Waals surface area contributed by atoms with Gasteiger partial charge in [0, 0.05) is 42.5 Å². The van der Waals surface area contributed by atoms with E-state index in [1.165, 1.54) is 0 Å². The van der Waals surface area contributed by atoms with Gasteiger partial charge in [-0.2, -0.15) is 5.10 Å². The summed E-state index contributed by atoms with van der Waals surface area (Å²) in [4.78, 5) is 6.04. The standard InChI is InChI=1S/C26H23Cl2N9O2/c1-14(24-17(27)10-30-11-18(24)28)39-15-3-4-19-16(9-15)25(36-31-19)20-5-7-22(34-32-20)37-12-26(29,13-37)21-6-8-23(38-2)35-33-21/h3-11,14H,12-13,29H2,1-2H3,(H,31,36)/t14-/m1/s1. The van der Waals surface area contributed by atoms with Gasteiger partial charge in [0.05, 0.1) is 33.9 Å². The number of fused-ring (bicyclic) bond motifs is 1. The smallest absolute Gasteiger partial charge is 0.233 e. The summed E-state index contributed by atoms with van der Waals surface area (Å²) in [5, 5.41) is 26.3. The highest BCUT2D eigenvalue weighted by atomic mass is 35.5. The molecule has 6 rings (SSSR count). The van der Waals surface area contributed by atoms with Crippen LogP contribution in [0.2, 0.25) is 10.0 Å². The van der Waals surface area contributed by atoms with E-state index < -0.39 is 11.6 Å². The van der Waals surface area contributed by atoms with Crippen LogP contribution in [0.3, 0.4) is 0 Å². The van der Waals surface area contributed by atoms with Crippen LogP contribution in [0.5, 0.6) is 11.6 Å². The lowest BCUT2D eigenvalue weighted by molar-refractivity contribution is 0.227. The summed E-state index contributed by atoms with van der Waals surface area (Å²) in [5.41, 5.74) is 9.42. The lowest BCUT2D eigenvalue weighted by atomic mass is 9.87. The number of halogens is 2. The monoisotopic (exact) mass is 563 g/mol. The number of anilines is 1. The Hall–Kier alpha value is -4.06. The van der Waals surface area contributed by atoms with E-state index in [0.29, 0.717) is 63.2 Å². The highest BCUT2D eigenvalue weighted by molar-refractivity contribution is 6.35. The predicted octanol–water partition coefficient (Wildman–Crippen LogP) is 4.33. The van der Waals surface area contributed by atoms with Gasteiger partial charge in [0.1, 0.15) is 23.2 Å². The van der Waals surface area contributed by atoms with Crippen LogP contribution in [0.25, 0.3) is 22.3 Å². The molecule has 0 spiro atoms. The van der Waals surface area contributed by atoms with E-state index >= 15 is 0 Å². The number of H-pyrrole nitrogens is 1. The summed E-state index contributed by atoms with van der Waals surface area (Å²) in [7, 11) is 1.55. The molecule has 0 aliphatic carbocycles. The van der Waals surface area contributed by atoms with E-state index in [4.69, 9.17) is 38.4 Å². The van der Waals surface area contributed by atoms with Crippen LogP contribution in [0.4, 0.5) is 5.82 Å². The number of ether oxygens (including phenoxy) is 2. The molecule has 1 aliphatic heterocycles. The molecule has 5 heterocycles. The highest BCUT2D eigenvalue weighted by Crippen LogP contribution is 2.35. The van der Waals surface area contributed by atoms with Crippen molar-refractivity contribution >= 4 is 39.9 Å². The highest BCUT2D eigenvalue weighted by Gasteiger charge is 2.43. The number of methoxy groups -OCH3 is 1. The Morgan fingerprint density at radius 3 is 2.46 bits per heavy atom. The van der Waals surface area contributed by atoms with E-state index in [-0.39, 0.29) is 0 Å². The van der Waals surface area contributed by atoms with Gasteiger partial charge >= 0.3 is 0 Å². The number of hydrogen-bond acceptors (Lipinski definition) is 10. The van der Waals surface area contributed by atoms with Gasteiger partial charge in [-0.25, -0.2) is 0 Å². The Balaban J connectivity index is 1.19. The van der Waals surface area contributed by atoms with Gasteiger partial charge < -0.3 is 20.1 Å². The maximum Gasteiger partial charge on any atom is 0.233 e. The molecule has 0 amide bonds. The molecule has 1 aromatic carbocycles. The van der Waals surface area contributed by atoms with Gasteiger partial charge in [-0.15, -0.1) is 20.4 Å². The van der Waals surface area contributed by atoms with Crippen molar-refractivity contribution in [3.05, 3.63) is 76.2 Å². The summed E-state index contributed by atoms with van der Waals surface area (Å²) >= 11 is 12.6. The molecular formula is C26H23Cl2N9O2. The molecule has 5 aromatic rings. The van der Waals surface area contributed by atoms with Gasteiger partial charge in [-0.3, -0.25) is 10.1 Å². The van der Waals surface area contributed by atoms with Crippen LogP contribution in [0.15, 0.2) is 54.9 Å². The van der Waals surface area contributed by atoms with Crippen molar-refractivity contribution in [3.63, 3.8) is 0 Å². The first-order chi connectivity index (χ1) is 18.8. The lowest BCUT2D eigenvalue weighted by Gasteiger charge is -2.47. The van der Waals surface area contributed by atoms with Gasteiger partial charge in [0.25, 0.3) is 0 Å². The van der Waals surface area contributed by atoms with E-state index in [1.807, 2.05) is 48.2 Å². The van der Waals surface area contributed by atoms with E-state index in [1.54, 1.807) is 25.6 Å². The fourth-order valence-corrected chi connectivity index (χ4v) is 5.28. The average molecular weight is 564 g/mol. The zero-order valence-electron chi connectivity index (χ0n) is 21.0. The number of benzene rings is 1. The normalized spacial score (nSPS) is 15.2. The Kier molecular flexibility index (Phi) is 6.42. The summed E-state index contributed by atoms with van der Waals surface area (Å²) in [5.74, 6) is 1.79. The second kappa shape index (κ2) is 9.92. The first-order valence-electron chi connectivity index (χ1n) is 12.0. The summed E-state index contributed by atoms with van der Waals surface area (Å²) < 4.78 is 11.2. The minimum Gasteiger partial charge on any atom is -0.486 e. The maximum absolute atomic E-state index is 6.54. The number of nitrogens with zero attached hydrogens (tertiary/aromatic N) is 7. The molecule has 39 heavy (non-hydrogen) atoms. The number of nitrogens with two attached hydrogens (primary N) is 1. The third-order valence-electron chi connectivity index (χ3n) is 6.67. The van der Waals surface area contributed by atoms with Crippen molar-refractivity contribution in [1.29, 1.82) is 0 Å². The SMILES string of the molecule is COc1ccc(C2(N)CN(c3ccc(-c4n[nH]c5ccc(O[C@H](C)c6c(Cl)cncc6Cl)cc45)nn3)C2)nn1. The summed E-state index contributed by atoms with van der Waals surface area (Å²) in [6, 6.07) is 13.0. The van der Waals surface area contributed by atoms with Gasteiger partial charge in [-0.1, -0.05) is 23.2 Å². The van der Waals surface area contributed by atoms with Crippen LogP contribution in [-0.2, 0) is 5.54 Å². The lowest BCUT2D eigenvalue weighted by Crippen LogP contribution is -2.65. The van der Waals surface area contributed by atoms with Crippen molar-refractivity contribution in [2.24, 2.45) is 5.73 Å². The van der Waals surface area contributed by atoms with Crippen molar-refractivity contribution in [1.82, 2.24) is 35.6 Å². The van der Waals surface area contributed by atoms with Crippen LogP contribution < -0.4 is 20.1 Å². The van der Waals surface area contributed by atoms with Gasteiger partial charge in [0.2, 0.25) is 5.88 Å². The molecule has 1 fully saturated rings. The average Bonchev–Trinajstić information content (AvgIpc) is 3.34. The Bertz CT molecular complexity index is 1620. The van der Waals surface area contributed by atoms with Crippen LogP contribution in [0, 0.1) is 0 Å². The number of rotatable bonds is 7. The third-order valence-corrected chi connectivity index (χ3v) is 7.27. The summed E-state index contributed by atoms with van der Waals surface area (Å²) in [6.45, 7) is 2.96. The molecule has 0 saturated carbocycles. The molecule has 198 valence electrons. The number of hydrogen-bond donors (Lipinski definition) is 2. The molecule has 1 saturated heterocycles.